The minimum Gasteiger partial charge on any atom is -0.0654 e. The second kappa shape index (κ2) is 8.30. The maximum atomic E-state index is 2.54. The van der Waals surface area contributed by atoms with Gasteiger partial charge in [0.2, 0.25) is 0 Å². The van der Waals surface area contributed by atoms with Crippen LogP contribution in [0.1, 0.15) is 50.7 Å². The van der Waals surface area contributed by atoms with Crippen molar-refractivity contribution in [1.82, 2.24) is 0 Å². The first-order chi connectivity index (χ1) is 18.8. The summed E-state index contributed by atoms with van der Waals surface area (Å²) in [5.74, 6) is 0. The van der Waals surface area contributed by atoms with Crippen LogP contribution in [-0.2, 0) is 12.8 Å². The third-order valence-corrected chi connectivity index (χ3v) is 9.00. The fraction of sp³-hybridized carbons (Fsp3) is 0.211. The van der Waals surface area contributed by atoms with E-state index in [2.05, 4.69) is 98.8 Å². The largest absolute Gasteiger partial charge is 0.0654 e. The lowest BCUT2D eigenvalue weighted by molar-refractivity contribution is 0.796. The number of hydrogen-bond acceptors (Lipinski definition) is 0. The zero-order valence-electron chi connectivity index (χ0n) is 22.3. The minimum atomic E-state index is 1.14. The number of unbranched alkanes of at least 4 members (excludes halogenated alkanes) is 2. The summed E-state index contributed by atoms with van der Waals surface area (Å²) in [5, 5.41) is 19.7. The fourth-order valence-corrected chi connectivity index (χ4v) is 7.30. The summed E-state index contributed by atoms with van der Waals surface area (Å²) in [6, 6.07) is 33.2. The van der Waals surface area contributed by atoms with Crippen LogP contribution in [-0.4, -0.2) is 0 Å². The maximum absolute atomic E-state index is 2.54. The SMILES string of the molecule is CCCCc1cc2ccc3cccc4c3c2c(c1)c1c2cccc3ccc5cc(CCCC)cc(c5c32)c41. The van der Waals surface area contributed by atoms with Gasteiger partial charge in [-0.05, 0) is 112 Å². The molecule has 0 aliphatic carbocycles. The Labute approximate surface area is 223 Å². The van der Waals surface area contributed by atoms with Crippen LogP contribution in [0.4, 0.5) is 0 Å². The Bertz CT molecular complexity index is 1990. The second-order valence-electron chi connectivity index (χ2n) is 11.4. The molecule has 0 heterocycles. The molecule has 0 fully saturated rings. The zero-order chi connectivity index (χ0) is 25.4. The summed E-state index contributed by atoms with van der Waals surface area (Å²) in [7, 11) is 0. The van der Waals surface area contributed by atoms with Gasteiger partial charge in [-0.1, -0.05) is 112 Å². The van der Waals surface area contributed by atoms with E-state index in [9.17, 15) is 0 Å². The van der Waals surface area contributed by atoms with E-state index in [1.807, 2.05) is 0 Å². The Balaban J connectivity index is 1.70. The van der Waals surface area contributed by atoms with E-state index in [4.69, 9.17) is 0 Å². The lowest BCUT2D eigenvalue weighted by Gasteiger charge is -2.21. The first-order valence-corrected chi connectivity index (χ1v) is 14.5. The Hall–Kier alpha value is -3.90. The van der Waals surface area contributed by atoms with E-state index in [1.54, 1.807) is 0 Å². The summed E-state index contributed by atoms with van der Waals surface area (Å²) in [6.45, 7) is 4.59. The average molecular weight is 489 g/mol. The summed E-state index contributed by atoms with van der Waals surface area (Å²) < 4.78 is 0. The first-order valence-electron chi connectivity index (χ1n) is 14.5. The summed E-state index contributed by atoms with van der Waals surface area (Å²) >= 11 is 0. The molecule has 0 nitrogen and oxygen atoms in total. The summed E-state index contributed by atoms with van der Waals surface area (Å²) in [6.07, 6.45) is 7.18. The molecule has 0 unspecified atom stereocenters. The molecule has 0 N–H and O–H groups in total. The highest BCUT2D eigenvalue weighted by molar-refractivity contribution is 6.45. The molecule has 0 heteroatoms. The summed E-state index contributed by atoms with van der Waals surface area (Å²) in [5.41, 5.74) is 2.93. The highest BCUT2D eigenvalue weighted by atomic mass is 14.2. The molecular weight excluding hydrogens is 456 g/mol. The van der Waals surface area contributed by atoms with Crippen molar-refractivity contribution in [3.63, 3.8) is 0 Å². The van der Waals surface area contributed by atoms with Crippen LogP contribution in [0.2, 0.25) is 0 Å². The predicted octanol–water partition coefficient (Wildman–Crippen LogP) is 11.3. The van der Waals surface area contributed by atoms with Gasteiger partial charge < -0.3 is 0 Å². The molecule has 0 saturated heterocycles. The van der Waals surface area contributed by atoms with Gasteiger partial charge in [0.1, 0.15) is 0 Å². The topological polar surface area (TPSA) is 0 Å². The van der Waals surface area contributed by atoms with Crippen LogP contribution in [0.25, 0.3) is 75.4 Å². The van der Waals surface area contributed by atoms with E-state index in [0.29, 0.717) is 0 Å². The van der Waals surface area contributed by atoms with Gasteiger partial charge in [0.15, 0.2) is 0 Å². The third kappa shape index (κ3) is 2.98. The Kier molecular flexibility index (Phi) is 4.83. The molecule has 0 spiro atoms. The third-order valence-electron chi connectivity index (χ3n) is 9.00. The van der Waals surface area contributed by atoms with Gasteiger partial charge in [-0.3, -0.25) is 0 Å². The molecule has 184 valence electrons. The quantitative estimate of drug-likeness (QED) is 0.161. The van der Waals surface area contributed by atoms with Gasteiger partial charge in [-0.15, -0.1) is 0 Å². The van der Waals surface area contributed by atoms with E-state index >= 15 is 0 Å². The molecule has 0 amide bonds. The lowest BCUT2D eigenvalue weighted by Crippen LogP contribution is -1.95. The molecule has 0 saturated carbocycles. The van der Waals surface area contributed by atoms with Crippen molar-refractivity contribution in [1.29, 1.82) is 0 Å². The second-order valence-corrected chi connectivity index (χ2v) is 11.4. The monoisotopic (exact) mass is 488 g/mol. The van der Waals surface area contributed by atoms with Gasteiger partial charge in [0, 0.05) is 0 Å². The van der Waals surface area contributed by atoms with Gasteiger partial charge >= 0.3 is 0 Å². The summed E-state index contributed by atoms with van der Waals surface area (Å²) in [4.78, 5) is 0. The van der Waals surface area contributed by atoms with Crippen molar-refractivity contribution in [2.45, 2.75) is 52.4 Å². The van der Waals surface area contributed by atoms with Crippen LogP contribution in [0, 0.1) is 0 Å². The number of aryl methyl sites for hydroxylation is 2. The number of benzene rings is 8. The van der Waals surface area contributed by atoms with E-state index in [-0.39, 0.29) is 0 Å². The van der Waals surface area contributed by atoms with Crippen molar-refractivity contribution in [3.05, 3.63) is 96.1 Å². The lowest BCUT2D eigenvalue weighted by atomic mass is 9.82. The zero-order valence-corrected chi connectivity index (χ0v) is 22.3. The fourth-order valence-electron chi connectivity index (χ4n) is 7.30. The van der Waals surface area contributed by atoms with E-state index in [1.165, 1.54) is 112 Å². The number of rotatable bonds is 6. The van der Waals surface area contributed by atoms with Gasteiger partial charge in [0.05, 0.1) is 0 Å². The molecule has 8 aromatic carbocycles. The smallest absolute Gasteiger partial charge is 0.00133 e. The molecule has 0 aliphatic heterocycles. The van der Waals surface area contributed by atoms with Crippen molar-refractivity contribution < 1.29 is 0 Å². The number of hydrogen-bond donors (Lipinski definition) is 0. The Morgan fingerprint density at radius 3 is 1.26 bits per heavy atom. The molecule has 8 aromatic rings. The van der Waals surface area contributed by atoms with Crippen molar-refractivity contribution >= 4 is 75.4 Å². The normalized spacial score (nSPS) is 12.6. The van der Waals surface area contributed by atoms with E-state index in [0.717, 1.165) is 12.8 Å². The molecule has 0 aliphatic rings. The Morgan fingerprint density at radius 2 is 0.816 bits per heavy atom. The molecule has 0 aromatic heterocycles. The van der Waals surface area contributed by atoms with Gasteiger partial charge in [-0.25, -0.2) is 0 Å². The van der Waals surface area contributed by atoms with Gasteiger partial charge in [0.25, 0.3) is 0 Å². The first kappa shape index (κ1) is 22.1. The van der Waals surface area contributed by atoms with Crippen LogP contribution in [0.5, 0.6) is 0 Å². The van der Waals surface area contributed by atoms with E-state index < -0.39 is 0 Å². The van der Waals surface area contributed by atoms with Crippen LogP contribution in [0.15, 0.2) is 84.9 Å². The molecule has 8 rings (SSSR count). The highest BCUT2D eigenvalue weighted by Gasteiger charge is 2.21. The predicted molar refractivity (Wildman–Crippen MR) is 169 cm³/mol. The molecule has 0 bridgehead atoms. The number of fused-ring (bicyclic) bond motifs is 5. The molecular formula is C38H32. The minimum absolute atomic E-state index is 1.14. The average Bonchev–Trinajstić information content (AvgIpc) is 2.96. The Morgan fingerprint density at radius 1 is 0.395 bits per heavy atom. The molecule has 0 radical (unpaired) electrons. The van der Waals surface area contributed by atoms with Crippen molar-refractivity contribution in [2.75, 3.05) is 0 Å². The highest BCUT2D eigenvalue weighted by Crippen LogP contribution is 2.49. The molecule has 0 atom stereocenters. The standard InChI is InChI=1S/C38H32/c1-3-5-9-23-19-27-17-15-25-11-8-14-30-33(25)35(27)31(21-23)37-29-13-7-12-26-16-18-28-20-24(10-6-4-2)22-32(38(30)37)36(28)34(26)29/h7-8,11-22H,3-6,9-10H2,1-2H3. The van der Waals surface area contributed by atoms with Gasteiger partial charge in [-0.2, -0.15) is 0 Å². The molecule has 38 heavy (non-hydrogen) atoms. The van der Waals surface area contributed by atoms with Crippen molar-refractivity contribution in [2.24, 2.45) is 0 Å². The van der Waals surface area contributed by atoms with Crippen LogP contribution < -0.4 is 0 Å². The van der Waals surface area contributed by atoms with Crippen molar-refractivity contribution in [3.8, 4) is 0 Å². The van der Waals surface area contributed by atoms with Crippen LogP contribution in [0.3, 0.4) is 0 Å². The van der Waals surface area contributed by atoms with Crippen LogP contribution >= 0.6 is 0 Å². The maximum Gasteiger partial charge on any atom is -0.00133 e.